The van der Waals surface area contributed by atoms with Gasteiger partial charge in [-0.05, 0) is 41.0 Å². The summed E-state index contributed by atoms with van der Waals surface area (Å²) in [4.78, 5) is 12.6. The van der Waals surface area contributed by atoms with Crippen LogP contribution in [0.3, 0.4) is 0 Å². The first-order valence-corrected chi connectivity index (χ1v) is 11.0. The molecule has 0 aliphatic carbocycles. The molecule has 0 aliphatic rings. The van der Waals surface area contributed by atoms with Crippen LogP contribution in [-0.2, 0) is 21.3 Å². The lowest BCUT2D eigenvalue weighted by molar-refractivity contribution is 0.0951. The molecular formula is C23H24N2O4S. The maximum Gasteiger partial charge on any atom is 0.251 e. The van der Waals surface area contributed by atoms with Crippen LogP contribution in [0.15, 0.2) is 83.8 Å². The summed E-state index contributed by atoms with van der Waals surface area (Å²) in [6, 6.07) is 23.8. The number of nitrogens with one attached hydrogen (secondary N) is 2. The molecule has 0 saturated carbocycles. The van der Waals surface area contributed by atoms with Crippen LogP contribution >= 0.6 is 0 Å². The minimum absolute atomic E-state index is 0.171. The fourth-order valence-corrected chi connectivity index (χ4v) is 3.89. The molecule has 3 rings (SSSR count). The molecule has 0 unspecified atom stereocenters. The van der Waals surface area contributed by atoms with Crippen LogP contribution in [0.2, 0.25) is 0 Å². The Labute approximate surface area is 177 Å². The van der Waals surface area contributed by atoms with E-state index in [0.717, 1.165) is 16.7 Å². The van der Waals surface area contributed by atoms with E-state index < -0.39 is 10.0 Å². The number of methoxy groups -OCH3 is 1. The average Bonchev–Trinajstić information content (AvgIpc) is 2.78. The van der Waals surface area contributed by atoms with E-state index in [0.29, 0.717) is 18.7 Å². The minimum atomic E-state index is -3.57. The Balaban J connectivity index is 1.57. The highest BCUT2D eigenvalue weighted by Gasteiger charge is 2.13. The molecule has 0 aliphatic heterocycles. The normalized spacial score (nSPS) is 11.2. The summed E-state index contributed by atoms with van der Waals surface area (Å²) < 4.78 is 31.6. The van der Waals surface area contributed by atoms with Crippen molar-refractivity contribution in [2.75, 3.05) is 20.3 Å². The number of ether oxygens (including phenoxy) is 1. The van der Waals surface area contributed by atoms with Crippen molar-refractivity contribution in [1.82, 2.24) is 10.0 Å². The van der Waals surface area contributed by atoms with E-state index >= 15 is 0 Å². The largest absolute Gasteiger partial charge is 0.383 e. The van der Waals surface area contributed by atoms with Crippen LogP contribution in [0.25, 0.3) is 11.1 Å². The third-order valence-corrected chi connectivity index (χ3v) is 6.02. The molecule has 0 spiro atoms. The zero-order valence-electron chi connectivity index (χ0n) is 16.7. The smallest absolute Gasteiger partial charge is 0.251 e. The van der Waals surface area contributed by atoms with Crippen LogP contribution in [0.5, 0.6) is 0 Å². The number of carbonyl (C=O) groups is 1. The second kappa shape index (κ2) is 10.2. The van der Waals surface area contributed by atoms with Crippen molar-refractivity contribution in [1.29, 1.82) is 0 Å². The second-order valence-corrected chi connectivity index (χ2v) is 8.43. The standard InChI is InChI=1S/C23H24N2O4S/c1-29-16-15-25-30(27,28)22-13-7-18(8-14-22)17-24-23(26)21-11-9-20(10-12-21)19-5-3-2-4-6-19/h2-14,25H,15-17H2,1H3,(H,24,26). The number of benzene rings is 3. The number of rotatable bonds is 9. The minimum Gasteiger partial charge on any atom is -0.383 e. The first-order valence-electron chi connectivity index (χ1n) is 9.51. The van der Waals surface area contributed by atoms with Gasteiger partial charge in [-0.1, -0.05) is 54.6 Å². The van der Waals surface area contributed by atoms with Crippen LogP contribution in [0.4, 0.5) is 0 Å². The maximum atomic E-state index is 12.4. The van der Waals surface area contributed by atoms with Crippen molar-refractivity contribution in [3.05, 3.63) is 90.0 Å². The van der Waals surface area contributed by atoms with Gasteiger partial charge in [-0.15, -0.1) is 0 Å². The van der Waals surface area contributed by atoms with Gasteiger partial charge in [-0.2, -0.15) is 0 Å². The van der Waals surface area contributed by atoms with Crippen LogP contribution in [0, 0.1) is 0 Å². The highest BCUT2D eigenvalue weighted by molar-refractivity contribution is 7.89. The van der Waals surface area contributed by atoms with Crippen LogP contribution in [0.1, 0.15) is 15.9 Å². The summed E-state index contributed by atoms with van der Waals surface area (Å²) in [7, 11) is -2.06. The molecule has 6 nitrogen and oxygen atoms in total. The van der Waals surface area contributed by atoms with Crippen molar-refractivity contribution in [2.45, 2.75) is 11.4 Å². The molecule has 2 N–H and O–H groups in total. The highest BCUT2D eigenvalue weighted by atomic mass is 32.2. The molecule has 156 valence electrons. The summed E-state index contributed by atoms with van der Waals surface area (Å²) in [6.45, 7) is 0.812. The Bertz CT molecular complexity index is 1060. The Morgan fingerprint density at radius 3 is 2.13 bits per heavy atom. The first kappa shape index (κ1) is 21.7. The summed E-state index contributed by atoms with van der Waals surface area (Å²) in [5, 5.41) is 2.85. The lowest BCUT2D eigenvalue weighted by atomic mass is 10.0. The predicted octanol–water partition coefficient (Wildman–Crippen LogP) is 3.21. The number of sulfonamides is 1. The predicted molar refractivity (Wildman–Crippen MR) is 117 cm³/mol. The van der Waals surface area contributed by atoms with E-state index in [4.69, 9.17) is 4.74 Å². The van der Waals surface area contributed by atoms with E-state index in [9.17, 15) is 13.2 Å². The molecule has 3 aromatic carbocycles. The number of amides is 1. The third kappa shape index (κ3) is 5.76. The molecule has 0 atom stereocenters. The van der Waals surface area contributed by atoms with Gasteiger partial charge in [0.25, 0.3) is 5.91 Å². The zero-order chi connectivity index (χ0) is 21.4. The summed E-state index contributed by atoms with van der Waals surface area (Å²) in [5.41, 5.74) is 3.51. The number of hydrogen-bond donors (Lipinski definition) is 2. The quantitative estimate of drug-likeness (QED) is 0.517. The van der Waals surface area contributed by atoms with Gasteiger partial charge in [-0.3, -0.25) is 4.79 Å². The monoisotopic (exact) mass is 424 g/mol. The Morgan fingerprint density at radius 2 is 1.50 bits per heavy atom. The van der Waals surface area contributed by atoms with Gasteiger partial charge in [0.2, 0.25) is 10.0 Å². The maximum absolute atomic E-state index is 12.4. The molecule has 30 heavy (non-hydrogen) atoms. The SMILES string of the molecule is COCCNS(=O)(=O)c1ccc(CNC(=O)c2ccc(-c3ccccc3)cc2)cc1. The van der Waals surface area contributed by atoms with Crippen molar-refractivity contribution in [3.63, 3.8) is 0 Å². The number of hydrogen-bond acceptors (Lipinski definition) is 4. The van der Waals surface area contributed by atoms with Gasteiger partial charge in [0.05, 0.1) is 11.5 Å². The van der Waals surface area contributed by atoms with Crippen LogP contribution < -0.4 is 10.0 Å². The summed E-state index contributed by atoms with van der Waals surface area (Å²) in [6.07, 6.45) is 0. The fraction of sp³-hybridized carbons (Fsp3) is 0.174. The molecule has 3 aromatic rings. The average molecular weight is 425 g/mol. The fourth-order valence-electron chi connectivity index (χ4n) is 2.88. The van der Waals surface area contributed by atoms with E-state index in [1.165, 1.54) is 19.2 Å². The van der Waals surface area contributed by atoms with Gasteiger partial charge < -0.3 is 10.1 Å². The molecule has 1 amide bonds. The molecule has 0 radical (unpaired) electrons. The van der Waals surface area contributed by atoms with Crippen LogP contribution in [-0.4, -0.2) is 34.6 Å². The molecule has 0 heterocycles. The topological polar surface area (TPSA) is 84.5 Å². The molecule has 0 bridgehead atoms. The lowest BCUT2D eigenvalue weighted by Crippen LogP contribution is -2.27. The second-order valence-electron chi connectivity index (χ2n) is 6.66. The lowest BCUT2D eigenvalue weighted by Gasteiger charge is -2.09. The van der Waals surface area contributed by atoms with E-state index in [1.54, 1.807) is 24.3 Å². The summed E-state index contributed by atoms with van der Waals surface area (Å²) >= 11 is 0. The number of carbonyl (C=O) groups excluding carboxylic acids is 1. The van der Waals surface area contributed by atoms with Gasteiger partial charge in [0.1, 0.15) is 0 Å². The van der Waals surface area contributed by atoms with E-state index in [-0.39, 0.29) is 17.3 Å². The molecule has 0 saturated heterocycles. The van der Waals surface area contributed by atoms with Crippen molar-refractivity contribution in [3.8, 4) is 11.1 Å². The van der Waals surface area contributed by atoms with Crippen molar-refractivity contribution < 1.29 is 17.9 Å². The van der Waals surface area contributed by atoms with Crippen molar-refractivity contribution >= 4 is 15.9 Å². The van der Waals surface area contributed by atoms with Crippen molar-refractivity contribution in [2.24, 2.45) is 0 Å². The van der Waals surface area contributed by atoms with E-state index in [1.807, 2.05) is 42.5 Å². The molecule has 0 fully saturated rings. The molecule has 0 aromatic heterocycles. The van der Waals surface area contributed by atoms with E-state index in [2.05, 4.69) is 10.0 Å². The first-order chi connectivity index (χ1) is 14.5. The Kier molecular flexibility index (Phi) is 7.35. The molecule has 7 heteroatoms. The Hall–Kier alpha value is -3.00. The Morgan fingerprint density at radius 1 is 0.867 bits per heavy atom. The van der Waals surface area contributed by atoms with Gasteiger partial charge in [-0.25, -0.2) is 13.1 Å². The third-order valence-electron chi connectivity index (χ3n) is 4.54. The summed E-state index contributed by atoms with van der Waals surface area (Å²) in [5.74, 6) is -0.187. The zero-order valence-corrected chi connectivity index (χ0v) is 17.5. The highest BCUT2D eigenvalue weighted by Crippen LogP contribution is 2.19. The van der Waals surface area contributed by atoms with Gasteiger partial charge >= 0.3 is 0 Å². The molecular weight excluding hydrogens is 400 g/mol. The van der Waals surface area contributed by atoms with Gasteiger partial charge in [0.15, 0.2) is 0 Å². The van der Waals surface area contributed by atoms with Gasteiger partial charge in [0, 0.05) is 25.8 Å².